The molecule has 3 aliphatic rings. The smallest absolute Gasteiger partial charge is 0.325 e. The Morgan fingerprint density at radius 1 is 1.23 bits per heavy atom. The summed E-state index contributed by atoms with van der Waals surface area (Å²) in [4.78, 5) is 33.4. The maximum atomic E-state index is 12.8. The van der Waals surface area contributed by atoms with Crippen LogP contribution in [-0.2, 0) is 11.3 Å². The highest BCUT2D eigenvalue weighted by atomic mass is 16.2. The van der Waals surface area contributed by atoms with Crippen LogP contribution in [0.1, 0.15) is 51.2 Å². The molecule has 1 aromatic rings. The maximum Gasteiger partial charge on any atom is 0.325 e. The normalized spacial score (nSPS) is 30.6. The molecule has 30 heavy (non-hydrogen) atoms. The van der Waals surface area contributed by atoms with Gasteiger partial charge in [-0.05, 0) is 48.6 Å². The Kier molecular flexibility index (Phi) is 5.24. The van der Waals surface area contributed by atoms with E-state index in [1.165, 1.54) is 16.9 Å². The third-order valence-corrected chi connectivity index (χ3v) is 6.68. The molecule has 7 heteroatoms. The quantitative estimate of drug-likeness (QED) is 0.802. The van der Waals surface area contributed by atoms with E-state index in [9.17, 15) is 9.59 Å². The van der Waals surface area contributed by atoms with E-state index in [1.807, 2.05) is 17.0 Å². The Morgan fingerprint density at radius 2 is 1.97 bits per heavy atom. The Bertz CT molecular complexity index is 880. The number of rotatable bonds is 3. The number of guanidine groups is 1. The van der Waals surface area contributed by atoms with Crippen molar-refractivity contribution >= 4 is 17.9 Å². The van der Waals surface area contributed by atoms with Gasteiger partial charge < -0.3 is 15.1 Å². The SMILES string of the molecule is Cc1ccccc1CN1C(NC2CC(C)CC(C)(C)C2)=NC2C1C(=O)NC(=O)N2C. The molecule has 0 aromatic heterocycles. The van der Waals surface area contributed by atoms with Crippen LogP contribution in [-0.4, -0.2) is 53.0 Å². The highest BCUT2D eigenvalue weighted by molar-refractivity contribution is 6.03. The molecule has 7 nitrogen and oxygen atoms in total. The van der Waals surface area contributed by atoms with Crippen molar-refractivity contribution in [3.05, 3.63) is 35.4 Å². The molecule has 4 unspecified atom stereocenters. The van der Waals surface area contributed by atoms with Gasteiger partial charge in [0.05, 0.1) is 0 Å². The van der Waals surface area contributed by atoms with Crippen molar-refractivity contribution in [2.45, 2.75) is 71.8 Å². The molecule has 1 saturated carbocycles. The number of imide groups is 1. The molecule has 4 atom stereocenters. The van der Waals surface area contributed by atoms with Crippen LogP contribution in [0.2, 0.25) is 0 Å². The molecule has 1 saturated heterocycles. The molecular weight excluding hydrogens is 378 g/mol. The zero-order valence-electron chi connectivity index (χ0n) is 18.6. The number of nitrogens with zero attached hydrogens (tertiary/aromatic N) is 3. The van der Waals surface area contributed by atoms with Crippen LogP contribution in [0.15, 0.2) is 29.3 Å². The summed E-state index contributed by atoms with van der Waals surface area (Å²) in [5.74, 6) is 1.07. The molecule has 4 rings (SSSR count). The monoisotopic (exact) mass is 411 g/mol. The van der Waals surface area contributed by atoms with Gasteiger partial charge in [-0.15, -0.1) is 0 Å². The first kappa shape index (κ1) is 20.7. The molecule has 0 spiro atoms. The lowest BCUT2D eigenvalue weighted by Gasteiger charge is -2.41. The van der Waals surface area contributed by atoms with Crippen molar-refractivity contribution in [2.75, 3.05) is 7.05 Å². The highest BCUT2D eigenvalue weighted by Gasteiger charge is 2.49. The average molecular weight is 412 g/mol. The van der Waals surface area contributed by atoms with Crippen molar-refractivity contribution in [1.29, 1.82) is 0 Å². The fraction of sp³-hybridized carbons (Fsp3) is 0.609. The average Bonchev–Trinajstić information content (AvgIpc) is 2.98. The van der Waals surface area contributed by atoms with Gasteiger partial charge in [-0.2, -0.15) is 0 Å². The van der Waals surface area contributed by atoms with Gasteiger partial charge in [-0.1, -0.05) is 45.0 Å². The topological polar surface area (TPSA) is 77.0 Å². The van der Waals surface area contributed by atoms with Gasteiger partial charge in [0.1, 0.15) is 0 Å². The van der Waals surface area contributed by atoms with Crippen molar-refractivity contribution in [3.8, 4) is 0 Å². The number of carbonyl (C=O) groups is 2. The van der Waals surface area contributed by atoms with Gasteiger partial charge >= 0.3 is 6.03 Å². The molecule has 0 radical (unpaired) electrons. The fourth-order valence-corrected chi connectivity index (χ4v) is 5.43. The van der Waals surface area contributed by atoms with E-state index in [1.54, 1.807) is 7.05 Å². The van der Waals surface area contributed by atoms with Gasteiger partial charge in [-0.3, -0.25) is 10.1 Å². The van der Waals surface area contributed by atoms with E-state index >= 15 is 0 Å². The number of amides is 3. The van der Waals surface area contributed by atoms with Crippen molar-refractivity contribution in [2.24, 2.45) is 16.3 Å². The number of fused-ring (bicyclic) bond motifs is 1. The number of likely N-dealkylation sites (N-methyl/N-ethyl adjacent to an activating group) is 1. The summed E-state index contributed by atoms with van der Waals surface area (Å²) in [6.45, 7) is 9.59. The van der Waals surface area contributed by atoms with Gasteiger partial charge in [0.2, 0.25) is 0 Å². The van der Waals surface area contributed by atoms with E-state index in [0.29, 0.717) is 18.5 Å². The third-order valence-electron chi connectivity index (χ3n) is 6.68. The van der Waals surface area contributed by atoms with Gasteiger partial charge in [0.25, 0.3) is 5.91 Å². The molecular formula is C23H33N5O2. The van der Waals surface area contributed by atoms with Crippen molar-refractivity contribution in [1.82, 2.24) is 20.4 Å². The molecule has 2 heterocycles. The number of carbonyl (C=O) groups excluding carboxylic acids is 2. The van der Waals surface area contributed by atoms with Crippen LogP contribution < -0.4 is 10.6 Å². The summed E-state index contributed by atoms with van der Waals surface area (Å²) >= 11 is 0. The highest BCUT2D eigenvalue weighted by Crippen LogP contribution is 2.39. The summed E-state index contributed by atoms with van der Waals surface area (Å²) in [5.41, 5.74) is 2.59. The number of nitrogens with one attached hydrogen (secondary N) is 2. The van der Waals surface area contributed by atoms with Gasteiger partial charge in [0.15, 0.2) is 18.2 Å². The lowest BCUT2D eigenvalue weighted by molar-refractivity contribution is -0.127. The van der Waals surface area contributed by atoms with E-state index < -0.39 is 18.2 Å². The zero-order chi connectivity index (χ0) is 21.6. The van der Waals surface area contributed by atoms with E-state index in [4.69, 9.17) is 4.99 Å². The van der Waals surface area contributed by atoms with E-state index in [-0.39, 0.29) is 11.3 Å². The molecule has 0 bridgehead atoms. The van der Waals surface area contributed by atoms with Crippen molar-refractivity contribution < 1.29 is 9.59 Å². The summed E-state index contributed by atoms with van der Waals surface area (Å²) in [6, 6.07) is 7.58. The van der Waals surface area contributed by atoms with Crippen LogP contribution in [0.25, 0.3) is 0 Å². The Labute approximate surface area is 178 Å². The van der Waals surface area contributed by atoms with Crippen LogP contribution in [0, 0.1) is 18.3 Å². The first-order valence-electron chi connectivity index (χ1n) is 10.9. The second kappa shape index (κ2) is 7.60. The summed E-state index contributed by atoms with van der Waals surface area (Å²) in [5, 5.41) is 6.14. The van der Waals surface area contributed by atoms with Crippen LogP contribution in [0.4, 0.5) is 4.79 Å². The molecule has 3 amide bonds. The second-order valence-corrected chi connectivity index (χ2v) is 10.0. The Balaban J connectivity index is 1.64. The van der Waals surface area contributed by atoms with Crippen LogP contribution in [0.3, 0.4) is 0 Å². The minimum Gasteiger partial charge on any atom is -0.353 e. The third kappa shape index (κ3) is 3.89. The Morgan fingerprint density at radius 3 is 2.67 bits per heavy atom. The molecule has 2 fully saturated rings. The molecule has 2 N–H and O–H groups in total. The number of hydrogen-bond donors (Lipinski definition) is 2. The number of aliphatic imine (C=N–C) groups is 1. The van der Waals surface area contributed by atoms with Gasteiger partial charge in [0, 0.05) is 19.6 Å². The van der Waals surface area contributed by atoms with E-state index in [0.717, 1.165) is 24.4 Å². The molecule has 162 valence electrons. The number of benzene rings is 1. The number of urea groups is 1. The molecule has 1 aromatic carbocycles. The molecule has 1 aliphatic carbocycles. The summed E-state index contributed by atoms with van der Waals surface area (Å²) in [6.07, 6.45) is 2.85. The second-order valence-electron chi connectivity index (χ2n) is 10.0. The Hall–Kier alpha value is -2.57. The summed E-state index contributed by atoms with van der Waals surface area (Å²) < 4.78 is 0. The van der Waals surface area contributed by atoms with E-state index in [2.05, 4.69) is 50.5 Å². The largest absolute Gasteiger partial charge is 0.353 e. The molecule has 2 aliphatic heterocycles. The van der Waals surface area contributed by atoms with Crippen molar-refractivity contribution in [3.63, 3.8) is 0 Å². The summed E-state index contributed by atoms with van der Waals surface area (Å²) in [7, 11) is 1.70. The first-order chi connectivity index (χ1) is 14.1. The van der Waals surface area contributed by atoms with Gasteiger partial charge in [-0.25, -0.2) is 9.79 Å². The first-order valence-corrected chi connectivity index (χ1v) is 10.9. The van der Waals surface area contributed by atoms with Crippen LogP contribution >= 0.6 is 0 Å². The minimum atomic E-state index is -0.524. The zero-order valence-corrected chi connectivity index (χ0v) is 18.6. The standard InChI is InChI=1S/C23H33N5O2/c1-14-10-17(12-23(3,4)11-14)24-21-25-19-18(20(29)26-22(30)27(19)5)28(21)13-16-9-7-6-8-15(16)2/h6-9,14,17-19H,10-13H2,1-5H3,(H,24,25)(H,26,29,30). The predicted octanol–water partition coefficient (Wildman–Crippen LogP) is 2.85. The predicted molar refractivity (Wildman–Crippen MR) is 117 cm³/mol. The fourth-order valence-electron chi connectivity index (χ4n) is 5.43. The van der Waals surface area contributed by atoms with Crippen LogP contribution in [0.5, 0.6) is 0 Å². The number of aryl methyl sites for hydroxylation is 1. The lowest BCUT2D eigenvalue weighted by atomic mass is 9.70. The maximum absolute atomic E-state index is 12.8. The number of hydrogen-bond acceptors (Lipinski definition) is 5. The minimum absolute atomic E-state index is 0.270. The lowest BCUT2D eigenvalue weighted by Crippen LogP contribution is -2.64.